The Morgan fingerprint density at radius 3 is 2.54 bits per heavy atom. The number of hydrogen-bond donors (Lipinski definition) is 1. The van der Waals surface area contributed by atoms with Gasteiger partial charge in [0.1, 0.15) is 12.0 Å². The van der Waals surface area contributed by atoms with Crippen molar-refractivity contribution in [1.29, 1.82) is 0 Å². The molecule has 62 valence electrons. The Labute approximate surface area is 96.5 Å². The zero-order chi connectivity index (χ0) is 9.14. The number of carbonyl (C=O) groups excluding carboxylic acids is 2. The fourth-order valence-electron chi connectivity index (χ4n) is 0.790. The van der Waals surface area contributed by atoms with E-state index in [9.17, 15) is 14.7 Å². The molecule has 0 radical (unpaired) electrons. The number of hydrogen-bond acceptors (Lipinski definition) is 4. The van der Waals surface area contributed by atoms with Crippen molar-refractivity contribution >= 4 is 12.3 Å². The van der Waals surface area contributed by atoms with Crippen LogP contribution in [-0.2, 0) is 0 Å². The largest absolute Gasteiger partial charge is 1.00 e. The van der Waals surface area contributed by atoms with E-state index < -0.39 is 11.7 Å². The quantitative estimate of drug-likeness (QED) is 0.387. The Bertz CT molecular complexity index is 335. The van der Waals surface area contributed by atoms with Crippen molar-refractivity contribution in [3.63, 3.8) is 0 Å². The van der Waals surface area contributed by atoms with Crippen molar-refractivity contribution in [2.24, 2.45) is 0 Å². The number of aromatic carboxylic acids is 1. The standard InChI is InChI=1S/C8H6O4.Na/c9-4-5-1-2-7(10)6(3-5)8(11)12;/h1-4,10H,(H,11,12);/q;+1/p-1. The van der Waals surface area contributed by atoms with Gasteiger partial charge >= 0.3 is 29.6 Å². The Morgan fingerprint density at radius 2 is 2.08 bits per heavy atom. The number of aromatic hydroxyl groups is 1. The monoisotopic (exact) mass is 188 g/mol. The summed E-state index contributed by atoms with van der Waals surface area (Å²) >= 11 is 0. The molecule has 0 atom stereocenters. The second kappa shape index (κ2) is 5.01. The molecule has 0 aliphatic heterocycles. The Kier molecular flexibility index (Phi) is 4.69. The first-order valence-electron chi connectivity index (χ1n) is 3.14. The van der Waals surface area contributed by atoms with Crippen LogP contribution in [0.25, 0.3) is 0 Å². The first-order valence-corrected chi connectivity index (χ1v) is 3.14. The van der Waals surface area contributed by atoms with E-state index in [0.717, 1.165) is 12.1 Å². The average molecular weight is 188 g/mol. The second-order valence-electron chi connectivity index (χ2n) is 2.18. The fourth-order valence-corrected chi connectivity index (χ4v) is 0.790. The van der Waals surface area contributed by atoms with Crippen LogP contribution in [-0.4, -0.2) is 17.4 Å². The van der Waals surface area contributed by atoms with Gasteiger partial charge < -0.3 is 15.0 Å². The minimum atomic E-state index is -1.50. The van der Waals surface area contributed by atoms with Crippen LogP contribution in [0.5, 0.6) is 5.75 Å². The zero-order valence-electron chi connectivity index (χ0n) is 6.98. The van der Waals surface area contributed by atoms with Crippen LogP contribution in [0.1, 0.15) is 20.7 Å². The number of benzene rings is 1. The maximum absolute atomic E-state index is 10.3. The van der Waals surface area contributed by atoms with Crippen LogP contribution < -0.4 is 34.7 Å². The van der Waals surface area contributed by atoms with Gasteiger partial charge in [0.15, 0.2) is 0 Å². The van der Waals surface area contributed by atoms with E-state index >= 15 is 0 Å². The summed E-state index contributed by atoms with van der Waals surface area (Å²) in [6, 6.07) is 3.50. The number of phenols is 1. The van der Waals surface area contributed by atoms with E-state index in [2.05, 4.69) is 0 Å². The summed E-state index contributed by atoms with van der Waals surface area (Å²) in [5.41, 5.74) is -0.188. The van der Waals surface area contributed by atoms with Gasteiger partial charge in [-0.15, -0.1) is 0 Å². The van der Waals surface area contributed by atoms with Gasteiger partial charge in [0.25, 0.3) is 0 Å². The van der Waals surface area contributed by atoms with E-state index in [-0.39, 0.29) is 40.7 Å². The predicted octanol–water partition coefficient (Wildman–Crippen LogP) is -3.43. The van der Waals surface area contributed by atoms with Crippen molar-refractivity contribution in [2.75, 3.05) is 0 Å². The van der Waals surface area contributed by atoms with Crippen molar-refractivity contribution in [2.45, 2.75) is 0 Å². The molecule has 0 heterocycles. The molecule has 0 saturated carbocycles. The maximum atomic E-state index is 10.3. The Hall–Kier alpha value is -0.840. The van der Waals surface area contributed by atoms with Crippen LogP contribution in [0.2, 0.25) is 0 Å². The van der Waals surface area contributed by atoms with Crippen molar-refractivity contribution in [3.8, 4) is 5.75 Å². The maximum Gasteiger partial charge on any atom is 1.00 e. The summed E-state index contributed by atoms with van der Waals surface area (Å²) in [6.45, 7) is 0. The number of carbonyl (C=O) groups is 2. The molecule has 0 saturated heterocycles. The van der Waals surface area contributed by atoms with Gasteiger partial charge in [-0.25, -0.2) is 0 Å². The second-order valence-corrected chi connectivity index (χ2v) is 2.18. The molecule has 5 heteroatoms. The van der Waals surface area contributed by atoms with Crippen molar-refractivity contribution < 1.29 is 49.4 Å². The number of carboxylic acids is 1. The molecule has 0 amide bonds. The molecule has 1 aromatic rings. The van der Waals surface area contributed by atoms with E-state index in [4.69, 9.17) is 5.11 Å². The number of aldehydes is 1. The normalized spacial score (nSPS) is 8.62. The van der Waals surface area contributed by atoms with Crippen LogP contribution in [0.15, 0.2) is 18.2 Å². The van der Waals surface area contributed by atoms with Gasteiger partial charge in [-0.2, -0.15) is 0 Å². The molecule has 0 aliphatic carbocycles. The predicted molar refractivity (Wildman–Crippen MR) is 37.8 cm³/mol. The molecule has 0 aliphatic rings. The van der Waals surface area contributed by atoms with Crippen LogP contribution in [0, 0.1) is 0 Å². The molecule has 1 aromatic carbocycles. The number of carboxylic acid groups (broad SMARTS) is 1. The molecule has 0 fully saturated rings. The molecule has 1 N–H and O–H groups in total. The third-order valence-electron chi connectivity index (χ3n) is 1.38. The third kappa shape index (κ3) is 2.84. The van der Waals surface area contributed by atoms with Crippen LogP contribution in [0.3, 0.4) is 0 Å². The van der Waals surface area contributed by atoms with Crippen LogP contribution >= 0.6 is 0 Å². The van der Waals surface area contributed by atoms with Crippen molar-refractivity contribution in [1.82, 2.24) is 0 Å². The minimum absolute atomic E-state index is 0. The zero-order valence-corrected chi connectivity index (χ0v) is 8.98. The van der Waals surface area contributed by atoms with E-state index in [1.807, 2.05) is 0 Å². The number of rotatable bonds is 2. The SMILES string of the molecule is O=Cc1ccc(O)c(C(=O)[O-])c1.[Na+]. The topological polar surface area (TPSA) is 77.4 Å². The van der Waals surface area contributed by atoms with E-state index in [1.54, 1.807) is 0 Å². The Balaban J connectivity index is 0.00000144. The molecule has 1 rings (SSSR count). The molecule has 0 bridgehead atoms. The fraction of sp³-hybridized carbons (Fsp3) is 0. The molecule has 13 heavy (non-hydrogen) atoms. The first kappa shape index (κ1) is 12.2. The summed E-state index contributed by atoms with van der Waals surface area (Å²) < 4.78 is 0. The molecular formula is C8H5NaO4. The summed E-state index contributed by atoms with van der Waals surface area (Å²) in [7, 11) is 0. The van der Waals surface area contributed by atoms with Gasteiger partial charge in [0.2, 0.25) is 0 Å². The molecule has 0 aromatic heterocycles. The van der Waals surface area contributed by atoms with E-state index in [1.165, 1.54) is 6.07 Å². The summed E-state index contributed by atoms with van der Waals surface area (Å²) in [6.07, 6.45) is 0.492. The molecule has 4 nitrogen and oxygen atoms in total. The van der Waals surface area contributed by atoms with Gasteiger partial charge in [0.05, 0.1) is 5.97 Å². The van der Waals surface area contributed by atoms with Crippen molar-refractivity contribution in [3.05, 3.63) is 29.3 Å². The molecule has 0 spiro atoms. The van der Waals surface area contributed by atoms with Crippen LogP contribution in [0.4, 0.5) is 0 Å². The minimum Gasteiger partial charge on any atom is -0.545 e. The molecule has 0 unspecified atom stereocenters. The van der Waals surface area contributed by atoms with Gasteiger partial charge in [-0.05, 0) is 18.2 Å². The Morgan fingerprint density at radius 1 is 1.46 bits per heavy atom. The smallest absolute Gasteiger partial charge is 0.545 e. The summed E-state index contributed by atoms with van der Waals surface area (Å²) in [4.78, 5) is 20.5. The van der Waals surface area contributed by atoms with Gasteiger partial charge in [-0.1, -0.05) is 0 Å². The molecular weight excluding hydrogens is 183 g/mol. The van der Waals surface area contributed by atoms with Gasteiger partial charge in [-0.3, -0.25) is 4.79 Å². The van der Waals surface area contributed by atoms with E-state index in [0.29, 0.717) is 6.29 Å². The average Bonchev–Trinajstić information content (AvgIpc) is 2.05. The third-order valence-corrected chi connectivity index (χ3v) is 1.38. The summed E-state index contributed by atoms with van der Waals surface area (Å²) in [5.74, 6) is -1.91. The first-order chi connectivity index (χ1) is 5.65. The van der Waals surface area contributed by atoms with Gasteiger partial charge in [0, 0.05) is 11.1 Å². The summed E-state index contributed by atoms with van der Waals surface area (Å²) in [5, 5.41) is 19.3.